The van der Waals surface area contributed by atoms with Crippen LogP contribution in [0.4, 0.5) is 8.78 Å². The molecule has 2 aromatic rings. The molecule has 1 aromatic heterocycles. The molecular weight excluding hydrogens is 250 g/mol. The summed E-state index contributed by atoms with van der Waals surface area (Å²) in [6, 6.07) is 2.14. The molecule has 1 aromatic carbocycles. The van der Waals surface area contributed by atoms with E-state index in [2.05, 4.69) is 15.5 Å². The zero-order valence-corrected chi connectivity index (χ0v) is 9.91. The van der Waals surface area contributed by atoms with Gasteiger partial charge < -0.3 is 0 Å². The van der Waals surface area contributed by atoms with E-state index in [-0.39, 0.29) is 17.1 Å². The highest BCUT2D eigenvalue weighted by Gasteiger charge is 2.17. The molecule has 17 heavy (non-hydrogen) atoms. The molecule has 0 spiro atoms. The molecule has 0 aliphatic heterocycles. The minimum Gasteiger partial charge on any atom is -0.207 e. The van der Waals surface area contributed by atoms with Crippen molar-refractivity contribution in [2.24, 2.45) is 0 Å². The second kappa shape index (κ2) is 4.37. The summed E-state index contributed by atoms with van der Waals surface area (Å²) in [5.74, 6) is -0.867. The van der Waals surface area contributed by atoms with E-state index in [4.69, 9.17) is 11.6 Å². The van der Waals surface area contributed by atoms with E-state index in [1.54, 1.807) is 6.92 Å². The number of aryl methyl sites for hydroxylation is 1. The van der Waals surface area contributed by atoms with Gasteiger partial charge in [-0.15, -0.1) is 16.7 Å². The van der Waals surface area contributed by atoms with Crippen molar-refractivity contribution in [1.29, 1.82) is 0 Å². The SMILES string of the molecule is Cc1cc(F)c(-n2nnnc2C(C)Cl)cc1F. The van der Waals surface area contributed by atoms with Gasteiger partial charge in [-0.05, 0) is 35.9 Å². The molecule has 0 radical (unpaired) electrons. The first-order valence-electron chi connectivity index (χ1n) is 4.89. The molecule has 0 aliphatic carbocycles. The van der Waals surface area contributed by atoms with Gasteiger partial charge >= 0.3 is 0 Å². The van der Waals surface area contributed by atoms with Crippen molar-refractivity contribution in [2.75, 3.05) is 0 Å². The van der Waals surface area contributed by atoms with Crippen LogP contribution >= 0.6 is 11.6 Å². The van der Waals surface area contributed by atoms with Gasteiger partial charge in [-0.25, -0.2) is 8.78 Å². The fraction of sp³-hybridized carbons (Fsp3) is 0.300. The Hall–Kier alpha value is -1.56. The zero-order chi connectivity index (χ0) is 12.6. The van der Waals surface area contributed by atoms with Crippen molar-refractivity contribution in [3.8, 4) is 5.69 Å². The van der Waals surface area contributed by atoms with Crippen LogP contribution in [0, 0.1) is 18.6 Å². The van der Waals surface area contributed by atoms with Gasteiger partial charge in [0.15, 0.2) is 5.82 Å². The molecule has 0 fully saturated rings. The number of hydrogen-bond donors (Lipinski definition) is 0. The first-order chi connectivity index (χ1) is 8.00. The third-order valence-electron chi connectivity index (χ3n) is 2.31. The third kappa shape index (κ3) is 2.12. The first kappa shape index (κ1) is 11.9. The summed E-state index contributed by atoms with van der Waals surface area (Å²) in [5, 5.41) is 10.2. The Kier molecular flexibility index (Phi) is 3.06. The zero-order valence-electron chi connectivity index (χ0n) is 9.15. The van der Waals surface area contributed by atoms with Crippen LogP contribution in [-0.2, 0) is 0 Å². The number of alkyl halides is 1. The standard InChI is InChI=1S/C10H9ClF2N4/c1-5-3-8(13)9(4-7(5)12)17-10(6(2)11)14-15-16-17/h3-4,6H,1-2H3. The Balaban J connectivity index is 2.60. The Morgan fingerprint density at radius 3 is 2.65 bits per heavy atom. The fourth-order valence-corrected chi connectivity index (χ4v) is 1.55. The molecule has 1 unspecified atom stereocenters. The maximum atomic E-state index is 13.7. The van der Waals surface area contributed by atoms with Crippen molar-refractivity contribution < 1.29 is 8.78 Å². The summed E-state index contributed by atoms with van der Waals surface area (Å²) in [4.78, 5) is 0. The lowest BCUT2D eigenvalue weighted by Gasteiger charge is -2.08. The van der Waals surface area contributed by atoms with Gasteiger partial charge in [0.25, 0.3) is 0 Å². The van der Waals surface area contributed by atoms with Crippen molar-refractivity contribution >= 4 is 11.6 Å². The van der Waals surface area contributed by atoms with E-state index in [0.29, 0.717) is 0 Å². The third-order valence-corrected chi connectivity index (χ3v) is 2.50. The number of aromatic nitrogens is 4. The summed E-state index contributed by atoms with van der Waals surface area (Å²) < 4.78 is 28.2. The predicted molar refractivity (Wildman–Crippen MR) is 58.1 cm³/mol. The Morgan fingerprint density at radius 1 is 1.29 bits per heavy atom. The molecule has 0 bridgehead atoms. The Morgan fingerprint density at radius 2 is 2.00 bits per heavy atom. The second-order valence-electron chi connectivity index (χ2n) is 3.62. The molecule has 0 amide bonds. The summed E-state index contributed by atoms with van der Waals surface area (Å²) >= 11 is 5.84. The van der Waals surface area contributed by atoms with Crippen LogP contribution in [0.5, 0.6) is 0 Å². The second-order valence-corrected chi connectivity index (χ2v) is 4.27. The number of halogens is 3. The van der Waals surface area contributed by atoms with E-state index in [1.807, 2.05) is 0 Å². The first-order valence-corrected chi connectivity index (χ1v) is 5.32. The lowest BCUT2D eigenvalue weighted by atomic mass is 10.2. The van der Waals surface area contributed by atoms with Crippen LogP contribution in [0.3, 0.4) is 0 Å². The normalized spacial score (nSPS) is 12.8. The largest absolute Gasteiger partial charge is 0.207 e. The molecule has 90 valence electrons. The van der Waals surface area contributed by atoms with Gasteiger partial charge in [-0.3, -0.25) is 0 Å². The molecule has 0 saturated carbocycles. The molecule has 4 nitrogen and oxygen atoms in total. The summed E-state index contributed by atoms with van der Waals surface area (Å²) in [6.45, 7) is 3.12. The summed E-state index contributed by atoms with van der Waals surface area (Å²) in [6.07, 6.45) is 0. The monoisotopic (exact) mass is 258 g/mol. The van der Waals surface area contributed by atoms with Crippen LogP contribution in [0.25, 0.3) is 5.69 Å². The van der Waals surface area contributed by atoms with Crippen molar-refractivity contribution in [3.63, 3.8) is 0 Å². The van der Waals surface area contributed by atoms with Crippen LogP contribution in [-0.4, -0.2) is 20.2 Å². The van der Waals surface area contributed by atoms with Gasteiger partial charge in [0, 0.05) is 6.07 Å². The van der Waals surface area contributed by atoms with Gasteiger partial charge in [0.05, 0.1) is 5.38 Å². The van der Waals surface area contributed by atoms with Gasteiger partial charge in [0.1, 0.15) is 17.3 Å². The number of hydrogen-bond acceptors (Lipinski definition) is 3. The van der Waals surface area contributed by atoms with Crippen molar-refractivity contribution in [2.45, 2.75) is 19.2 Å². The molecule has 2 rings (SSSR count). The average Bonchev–Trinajstić information content (AvgIpc) is 2.72. The van der Waals surface area contributed by atoms with E-state index >= 15 is 0 Å². The maximum Gasteiger partial charge on any atom is 0.174 e. The number of rotatable bonds is 2. The van der Waals surface area contributed by atoms with Crippen molar-refractivity contribution in [3.05, 3.63) is 35.2 Å². The van der Waals surface area contributed by atoms with Crippen LogP contribution in [0.2, 0.25) is 0 Å². The number of tetrazole rings is 1. The van der Waals surface area contributed by atoms with E-state index in [1.165, 1.54) is 6.92 Å². The molecule has 1 atom stereocenters. The topological polar surface area (TPSA) is 43.6 Å². The van der Waals surface area contributed by atoms with Crippen LogP contribution < -0.4 is 0 Å². The highest BCUT2D eigenvalue weighted by molar-refractivity contribution is 6.20. The fourth-order valence-electron chi connectivity index (χ4n) is 1.41. The number of nitrogens with zero attached hydrogens (tertiary/aromatic N) is 4. The highest BCUT2D eigenvalue weighted by atomic mass is 35.5. The predicted octanol–water partition coefficient (Wildman–Crippen LogP) is 2.55. The van der Waals surface area contributed by atoms with Crippen LogP contribution in [0.15, 0.2) is 12.1 Å². The quantitative estimate of drug-likeness (QED) is 0.778. The Bertz CT molecular complexity index is 553. The average molecular weight is 259 g/mol. The molecular formula is C10H9ClF2N4. The van der Waals surface area contributed by atoms with E-state index in [9.17, 15) is 8.78 Å². The Labute approximate surface area is 101 Å². The molecule has 7 heteroatoms. The minimum absolute atomic E-state index is 0.0550. The highest BCUT2D eigenvalue weighted by Crippen LogP contribution is 2.22. The van der Waals surface area contributed by atoms with E-state index < -0.39 is 17.0 Å². The summed E-state index contributed by atoms with van der Waals surface area (Å²) in [5.41, 5.74) is 0.167. The lowest BCUT2D eigenvalue weighted by molar-refractivity contribution is 0.574. The maximum absolute atomic E-state index is 13.7. The van der Waals surface area contributed by atoms with Crippen LogP contribution in [0.1, 0.15) is 23.7 Å². The van der Waals surface area contributed by atoms with Gasteiger partial charge in [-0.1, -0.05) is 0 Å². The van der Waals surface area contributed by atoms with E-state index in [0.717, 1.165) is 16.8 Å². The number of benzene rings is 1. The van der Waals surface area contributed by atoms with Gasteiger partial charge in [0.2, 0.25) is 0 Å². The summed E-state index contributed by atoms with van der Waals surface area (Å²) in [7, 11) is 0. The molecule has 0 saturated heterocycles. The lowest BCUT2D eigenvalue weighted by Crippen LogP contribution is -2.07. The van der Waals surface area contributed by atoms with Crippen molar-refractivity contribution in [1.82, 2.24) is 20.2 Å². The van der Waals surface area contributed by atoms with Gasteiger partial charge in [-0.2, -0.15) is 4.68 Å². The molecule has 0 aliphatic rings. The minimum atomic E-state index is -0.602. The molecule has 1 heterocycles. The molecule has 0 N–H and O–H groups in total. The smallest absolute Gasteiger partial charge is 0.174 e.